The SMILES string of the molecule is CCOC(=O)c1ccccc1S(=O)(=O)NC(=O)Nc1nc(Cl)cc(OC)n1.CCOc1nc(NC)nc(NC(=O)NS(=O)(=O)c2ccccc2C(=O)O)n1. The molecular formula is C29H31ClN10O12S2. The Morgan fingerprint density at radius 1 is 0.741 bits per heavy atom. The van der Waals surface area contributed by atoms with Crippen molar-refractivity contribution in [3.05, 3.63) is 70.9 Å². The lowest BCUT2D eigenvalue weighted by Gasteiger charge is -2.11. The molecule has 0 spiro atoms. The lowest BCUT2D eigenvalue weighted by atomic mass is 10.2. The van der Waals surface area contributed by atoms with E-state index in [0.717, 1.165) is 12.1 Å². The maximum Gasteiger partial charge on any atom is 0.339 e. The number of hydrogen-bond acceptors (Lipinski definition) is 17. The summed E-state index contributed by atoms with van der Waals surface area (Å²) in [5, 5.41) is 16.0. The van der Waals surface area contributed by atoms with Crippen LogP contribution in [-0.2, 0) is 24.8 Å². The topological polar surface area (TPSA) is 309 Å². The van der Waals surface area contributed by atoms with E-state index in [-0.39, 0.29) is 53.7 Å². The second-order valence-corrected chi connectivity index (χ2v) is 13.3. The molecule has 0 aliphatic rings. The van der Waals surface area contributed by atoms with Crippen molar-refractivity contribution < 1.29 is 55.3 Å². The standard InChI is InChI=1S/C15H15ClN4O6S.C14H16N6O6S/c1-3-26-13(21)9-6-4-5-7-10(9)27(23,24)20-15(22)19-14-17-11(16)8-12(18-14)25-2;1-3-26-14-18-11(15-2)16-12(19-14)17-13(23)20-27(24,25)9-7-5-4-6-8(9)10(21)22/h4-8H,3H2,1-2H3,(H2,17,18,19,20,22);4-7H,3H2,1-2H3,(H,21,22)(H3,15,16,17,18,19,20,23). The number of methoxy groups -OCH3 is 1. The van der Waals surface area contributed by atoms with Gasteiger partial charge in [-0.25, -0.2) is 50.4 Å². The number of carboxylic acid groups (broad SMARTS) is 1. The van der Waals surface area contributed by atoms with Gasteiger partial charge in [0, 0.05) is 13.1 Å². The molecule has 0 saturated heterocycles. The van der Waals surface area contributed by atoms with Gasteiger partial charge in [0.25, 0.3) is 20.0 Å². The van der Waals surface area contributed by atoms with Gasteiger partial charge in [0.05, 0.1) is 31.5 Å². The van der Waals surface area contributed by atoms with Crippen LogP contribution in [0.3, 0.4) is 0 Å². The van der Waals surface area contributed by atoms with E-state index >= 15 is 0 Å². The average molecular weight is 811 g/mol. The molecule has 0 atom stereocenters. The molecule has 0 aliphatic carbocycles. The molecule has 0 saturated carbocycles. The van der Waals surface area contributed by atoms with E-state index < -0.39 is 59.4 Å². The molecule has 54 heavy (non-hydrogen) atoms. The third-order valence-electron chi connectivity index (χ3n) is 5.98. The molecular weight excluding hydrogens is 780 g/mol. The highest BCUT2D eigenvalue weighted by Gasteiger charge is 2.26. The van der Waals surface area contributed by atoms with E-state index in [1.165, 1.54) is 56.6 Å². The van der Waals surface area contributed by atoms with Crippen molar-refractivity contribution in [1.82, 2.24) is 34.4 Å². The monoisotopic (exact) mass is 810 g/mol. The van der Waals surface area contributed by atoms with Crippen LogP contribution in [0.4, 0.5) is 27.4 Å². The van der Waals surface area contributed by atoms with Crippen molar-refractivity contribution in [3.63, 3.8) is 0 Å². The van der Waals surface area contributed by atoms with Crippen LogP contribution in [0.1, 0.15) is 34.6 Å². The van der Waals surface area contributed by atoms with Crippen LogP contribution in [0.15, 0.2) is 64.4 Å². The number of anilines is 3. The molecule has 288 valence electrons. The fraction of sp³-hybridized carbons (Fsp3) is 0.207. The molecule has 4 amide bonds. The summed E-state index contributed by atoms with van der Waals surface area (Å²) < 4.78 is 67.9. The smallest absolute Gasteiger partial charge is 0.339 e. The van der Waals surface area contributed by atoms with Crippen molar-refractivity contribution in [2.24, 2.45) is 0 Å². The van der Waals surface area contributed by atoms with Crippen LogP contribution in [0.2, 0.25) is 5.15 Å². The van der Waals surface area contributed by atoms with E-state index in [1.54, 1.807) is 23.3 Å². The lowest BCUT2D eigenvalue weighted by Crippen LogP contribution is -2.35. The molecule has 0 aliphatic heterocycles. The lowest BCUT2D eigenvalue weighted by molar-refractivity contribution is 0.0521. The molecule has 4 rings (SSSR count). The Morgan fingerprint density at radius 3 is 1.78 bits per heavy atom. The fourth-order valence-electron chi connectivity index (χ4n) is 3.84. The summed E-state index contributed by atoms with van der Waals surface area (Å²) in [6, 6.07) is 9.06. The fourth-order valence-corrected chi connectivity index (χ4v) is 6.22. The number of carbonyl (C=O) groups is 4. The predicted molar refractivity (Wildman–Crippen MR) is 189 cm³/mol. The van der Waals surface area contributed by atoms with E-state index in [9.17, 15) is 36.0 Å². The molecule has 2 aromatic carbocycles. The molecule has 4 aromatic rings. The van der Waals surface area contributed by atoms with E-state index in [2.05, 4.69) is 40.9 Å². The predicted octanol–water partition coefficient (Wildman–Crippen LogP) is 2.35. The van der Waals surface area contributed by atoms with Crippen molar-refractivity contribution >= 4 is 73.5 Å². The number of ether oxygens (including phenoxy) is 3. The van der Waals surface area contributed by atoms with E-state index in [0.29, 0.717) is 0 Å². The van der Waals surface area contributed by atoms with Crippen molar-refractivity contribution in [1.29, 1.82) is 0 Å². The first-order valence-corrected chi connectivity index (χ1v) is 18.3. The first kappa shape index (κ1) is 42.0. The summed E-state index contributed by atoms with van der Waals surface area (Å²) in [4.78, 5) is 65.3. The second kappa shape index (κ2) is 18.9. The number of aromatic nitrogens is 5. The van der Waals surface area contributed by atoms with E-state index in [1.807, 2.05) is 0 Å². The number of sulfonamides is 2. The van der Waals surface area contributed by atoms with Gasteiger partial charge in [-0.1, -0.05) is 35.9 Å². The maximum absolute atomic E-state index is 12.5. The Labute approximate surface area is 312 Å². The van der Waals surface area contributed by atoms with Crippen LogP contribution in [0.5, 0.6) is 11.9 Å². The Bertz CT molecular complexity index is 2250. The number of rotatable bonds is 13. The van der Waals surface area contributed by atoms with Gasteiger partial charge in [-0.15, -0.1) is 0 Å². The molecule has 22 nitrogen and oxygen atoms in total. The van der Waals surface area contributed by atoms with Gasteiger partial charge < -0.3 is 24.6 Å². The Balaban J connectivity index is 0.000000290. The van der Waals surface area contributed by atoms with Crippen molar-refractivity contribution in [2.75, 3.05) is 43.3 Å². The van der Waals surface area contributed by atoms with Crippen LogP contribution >= 0.6 is 11.6 Å². The number of halogens is 1. The zero-order chi connectivity index (χ0) is 40.1. The van der Waals surface area contributed by atoms with Crippen LogP contribution < -0.4 is 34.9 Å². The van der Waals surface area contributed by atoms with Gasteiger partial charge >= 0.3 is 30.0 Å². The highest BCUT2D eigenvalue weighted by molar-refractivity contribution is 7.90. The molecule has 2 heterocycles. The molecule has 0 bridgehead atoms. The third kappa shape index (κ3) is 11.8. The number of amides is 4. The van der Waals surface area contributed by atoms with Crippen LogP contribution in [0.25, 0.3) is 0 Å². The maximum atomic E-state index is 12.5. The Morgan fingerprint density at radius 2 is 1.26 bits per heavy atom. The minimum atomic E-state index is -4.45. The van der Waals surface area contributed by atoms with E-state index in [4.69, 9.17) is 30.9 Å². The van der Waals surface area contributed by atoms with Gasteiger partial charge in [-0.2, -0.15) is 19.9 Å². The van der Waals surface area contributed by atoms with Gasteiger partial charge in [-0.05, 0) is 38.1 Å². The number of aromatic carboxylic acids is 1. The highest BCUT2D eigenvalue weighted by atomic mass is 35.5. The Kier molecular flexibility index (Phi) is 14.7. The molecule has 2 aromatic heterocycles. The summed E-state index contributed by atoms with van der Waals surface area (Å²) in [5.41, 5.74) is -0.686. The highest BCUT2D eigenvalue weighted by Crippen LogP contribution is 2.19. The number of hydrogen-bond donors (Lipinski definition) is 6. The first-order chi connectivity index (χ1) is 25.5. The normalized spacial score (nSPS) is 10.8. The molecule has 0 unspecified atom stereocenters. The first-order valence-electron chi connectivity index (χ1n) is 14.9. The molecule has 0 radical (unpaired) electrons. The number of nitrogens with zero attached hydrogens (tertiary/aromatic N) is 5. The Hall–Kier alpha value is -6.40. The van der Waals surface area contributed by atoms with Gasteiger partial charge in [0.2, 0.25) is 23.7 Å². The molecule has 6 N–H and O–H groups in total. The number of nitrogens with one attached hydrogen (secondary N) is 5. The molecule has 0 fully saturated rings. The minimum Gasteiger partial charge on any atom is -0.481 e. The van der Waals surface area contributed by atoms with Crippen LogP contribution in [-0.4, -0.2) is 98.2 Å². The summed E-state index contributed by atoms with van der Waals surface area (Å²) in [6.45, 7) is 3.61. The summed E-state index contributed by atoms with van der Waals surface area (Å²) in [7, 11) is -5.97. The minimum absolute atomic E-state index is 0.0207. The number of esters is 1. The average Bonchev–Trinajstić information content (AvgIpc) is 3.11. The number of carbonyl (C=O) groups excluding carboxylic acids is 3. The zero-order valence-electron chi connectivity index (χ0n) is 28.5. The van der Waals surface area contributed by atoms with Gasteiger partial charge in [0.1, 0.15) is 14.9 Å². The third-order valence-corrected chi connectivity index (χ3v) is 8.95. The summed E-state index contributed by atoms with van der Waals surface area (Å²) in [5.74, 6) is -2.66. The second-order valence-electron chi connectivity index (χ2n) is 9.64. The van der Waals surface area contributed by atoms with Crippen molar-refractivity contribution in [2.45, 2.75) is 23.6 Å². The van der Waals surface area contributed by atoms with Gasteiger partial charge in [-0.3, -0.25) is 10.6 Å². The summed E-state index contributed by atoms with van der Waals surface area (Å²) >= 11 is 5.75. The summed E-state index contributed by atoms with van der Waals surface area (Å²) in [6.07, 6.45) is 0. The van der Waals surface area contributed by atoms with Gasteiger partial charge in [0.15, 0.2) is 0 Å². The zero-order valence-corrected chi connectivity index (χ0v) is 30.9. The quantitative estimate of drug-likeness (QED) is 0.0834. The van der Waals surface area contributed by atoms with Crippen LogP contribution in [0, 0.1) is 0 Å². The molecule has 25 heteroatoms. The number of benzene rings is 2. The number of carboxylic acids is 1. The largest absolute Gasteiger partial charge is 0.481 e. The number of urea groups is 2. The van der Waals surface area contributed by atoms with Crippen molar-refractivity contribution in [3.8, 4) is 11.9 Å².